The Kier molecular flexibility index (Phi) is 8.16. The summed E-state index contributed by atoms with van der Waals surface area (Å²) >= 11 is 0. The summed E-state index contributed by atoms with van der Waals surface area (Å²) < 4.78 is 41.1. The number of carboxylic acids is 1. The van der Waals surface area contributed by atoms with Gasteiger partial charge in [0.1, 0.15) is 11.8 Å². The van der Waals surface area contributed by atoms with Gasteiger partial charge in [-0.25, -0.2) is 0 Å². The summed E-state index contributed by atoms with van der Waals surface area (Å²) in [6.45, 7) is -0.742. The Bertz CT molecular complexity index is 628. The Morgan fingerprint density at radius 1 is 1.35 bits per heavy atom. The van der Waals surface area contributed by atoms with Gasteiger partial charge in [-0.15, -0.1) is 12.4 Å². The lowest BCUT2D eigenvalue weighted by atomic mass is 10.2. The van der Waals surface area contributed by atoms with Crippen LogP contribution < -0.4 is 10.1 Å². The maximum atomic E-state index is 12.1. The molecule has 1 aromatic rings. The van der Waals surface area contributed by atoms with E-state index in [0.29, 0.717) is 18.5 Å². The second kappa shape index (κ2) is 9.63. The molecule has 0 aliphatic carbocycles. The maximum Gasteiger partial charge on any atom is 0.422 e. The van der Waals surface area contributed by atoms with Gasteiger partial charge in [-0.1, -0.05) is 12.1 Å². The maximum absolute atomic E-state index is 12.1. The minimum atomic E-state index is -4.42. The van der Waals surface area contributed by atoms with E-state index in [-0.39, 0.29) is 37.2 Å². The van der Waals surface area contributed by atoms with E-state index in [2.05, 4.69) is 10.1 Å². The van der Waals surface area contributed by atoms with Crippen LogP contribution in [0.5, 0.6) is 5.75 Å². The van der Waals surface area contributed by atoms with Gasteiger partial charge in [0, 0.05) is 6.54 Å². The quantitative estimate of drug-likeness (QED) is 0.739. The molecule has 1 heterocycles. The highest BCUT2D eigenvalue weighted by Gasteiger charge is 2.31. The molecule has 0 bridgehead atoms. The van der Waals surface area contributed by atoms with Crippen LogP contribution in [0.15, 0.2) is 24.3 Å². The number of rotatable bonds is 7. The number of benzene rings is 1. The van der Waals surface area contributed by atoms with Gasteiger partial charge in [-0.3, -0.25) is 14.5 Å². The fourth-order valence-electron chi connectivity index (χ4n) is 2.65. The highest BCUT2D eigenvalue weighted by atomic mass is 35.5. The third-order valence-corrected chi connectivity index (χ3v) is 3.79. The smallest absolute Gasteiger partial charge is 0.422 e. The fraction of sp³-hybridized carbons (Fsp3) is 0.500. The number of carbonyl (C=O) groups is 2. The standard InChI is InChI=1S/C16H19F3N2O4.ClH/c17-16(18,19)10-25-12-4-1-3-11(7-12)8-20-14(22)9-21-6-2-5-13(21)15(23)24;/h1,3-4,7,13H,2,5-6,8-10H2,(H,20,22)(H,23,24);1H/t13-;/m1./s1. The van der Waals surface area contributed by atoms with E-state index < -0.39 is 24.8 Å². The largest absolute Gasteiger partial charge is 0.484 e. The van der Waals surface area contributed by atoms with Crippen molar-refractivity contribution < 1.29 is 32.6 Å². The number of carbonyl (C=O) groups excluding carboxylic acids is 1. The van der Waals surface area contributed by atoms with E-state index in [1.165, 1.54) is 18.2 Å². The van der Waals surface area contributed by atoms with E-state index in [0.717, 1.165) is 6.42 Å². The van der Waals surface area contributed by atoms with Crippen LogP contribution in [0, 0.1) is 0 Å². The summed E-state index contributed by atoms with van der Waals surface area (Å²) in [6.07, 6.45) is -3.18. The molecule has 1 fully saturated rings. The number of aliphatic carboxylic acids is 1. The van der Waals surface area contributed by atoms with Crippen LogP contribution in [0.2, 0.25) is 0 Å². The van der Waals surface area contributed by atoms with Crippen molar-refractivity contribution in [3.63, 3.8) is 0 Å². The van der Waals surface area contributed by atoms with Gasteiger partial charge in [-0.2, -0.15) is 13.2 Å². The number of hydrogen-bond acceptors (Lipinski definition) is 4. The average Bonchev–Trinajstić information content (AvgIpc) is 2.99. The van der Waals surface area contributed by atoms with Crippen molar-refractivity contribution >= 4 is 24.3 Å². The minimum absolute atomic E-state index is 0. The number of likely N-dealkylation sites (tertiary alicyclic amines) is 1. The molecule has 10 heteroatoms. The molecule has 26 heavy (non-hydrogen) atoms. The second-order valence-electron chi connectivity index (χ2n) is 5.79. The second-order valence-corrected chi connectivity index (χ2v) is 5.79. The van der Waals surface area contributed by atoms with Crippen molar-refractivity contribution in [1.82, 2.24) is 10.2 Å². The average molecular weight is 397 g/mol. The van der Waals surface area contributed by atoms with Crippen LogP contribution in [-0.2, 0) is 16.1 Å². The summed E-state index contributed by atoms with van der Waals surface area (Å²) in [7, 11) is 0. The number of alkyl halides is 3. The highest BCUT2D eigenvalue weighted by molar-refractivity contribution is 5.85. The first kappa shape index (κ1) is 22.0. The number of ether oxygens (including phenoxy) is 1. The molecule has 1 aliphatic rings. The summed E-state index contributed by atoms with van der Waals surface area (Å²) in [5.41, 5.74) is 0.587. The molecule has 1 amide bonds. The zero-order valence-electron chi connectivity index (χ0n) is 13.8. The Balaban J connectivity index is 0.00000338. The van der Waals surface area contributed by atoms with E-state index >= 15 is 0 Å². The zero-order valence-corrected chi connectivity index (χ0v) is 14.6. The molecule has 0 saturated carbocycles. The van der Waals surface area contributed by atoms with Gasteiger partial charge in [0.2, 0.25) is 5.91 Å². The summed E-state index contributed by atoms with van der Waals surface area (Å²) in [6, 6.07) is 5.36. The van der Waals surface area contributed by atoms with Gasteiger partial charge in [0.15, 0.2) is 6.61 Å². The van der Waals surface area contributed by atoms with Crippen LogP contribution in [0.4, 0.5) is 13.2 Å². The lowest BCUT2D eigenvalue weighted by molar-refractivity contribution is -0.153. The fourth-order valence-corrected chi connectivity index (χ4v) is 2.65. The molecule has 0 aromatic heterocycles. The van der Waals surface area contributed by atoms with E-state index in [9.17, 15) is 22.8 Å². The van der Waals surface area contributed by atoms with Crippen molar-refractivity contribution in [2.24, 2.45) is 0 Å². The first-order valence-electron chi connectivity index (χ1n) is 7.76. The van der Waals surface area contributed by atoms with Crippen LogP contribution in [-0.4, -0.2) is 53.8 Å². The lowest BCUT2D eigenvalue weighted by Gasteiger charge is -2.20. The van der Waals surface area contributed by atoms with Gasteiger partial charge in [0.05, 0.1) is 6.54 Å². The monoisotopic (exact) mass is 396 g/mol. The Morgan fingerprint density at radius 3 is 2.73 bits per heavy atom. The lowest BCUT2D eigenvalue weighted by Crippen LogP contribution is -2.42. The van der Waals surface area contributed by atoms with E-state index in [4.69, 9.17) is 5.11 Å². The van der Waals surface area contributed by atoms with Crippen LogP contribution in [0.25, 0.3) is 0 Å². The third kappa shape index (κ3) is 7.09. The van der Waals surface area contributed by atoms with Gasteiger partial charge < -0.3 is 15.2 Å². The predicted octanol–water partition coefficient (Wildman–Crippen LogP) is 2.21. The summed E-state index contributed by atoms with van der Waals surface area (Å²) in [5, 5.41) is 11.7. The molecule has 1 aliphatic heterocycles. The number of amides is 1. The topological polar surface area (TPSA) is 78.9 Å². The number of hydrogen-bond donors (Lipinski definition) is 2. The van der Waals surface area contributed by atoms with Crippen molar-refractivity contribution in [1.29, 1.82) is 0 Å². The first-order valence-corrected chi connectivity index (χ1v) is 7.76. The Morgan fingerprint density at radius 2 is 2.08 bits per heavy atom. The van der Waals surface area contributed by atoms with Gasteiger partial charge in [-0.05, 0) is 37.1 Å². The SMILES string of the molecule is Cl.O=C(CN1CCC[C@@H]1C(=O)O)NCc1cccc(OCC(F)(F)F)c1. The molecule has 1 saturated heterocycles. The van der Waals surface area contributed by atoms with Crippen molar-refractivity contribution in [3.8, 4) is 5.75 Å². The van der Waals surface area contributed by atoms with Crippen LogP contribution >= 0.6 is 12.4 Å². The molecule has 2 rings (SSSR count). The number of carboxylic acid groups (broad SMARTS) is 1. The van der Waals surface area contributed by atoms with E-state index in [1.807, 2.05) is 0 Å². The highest BCUT2D eigenvalue weighted by Crippen LogP contribution is 2.19. The number of nitrogens with zero attached hydrogens (tertiary/aromatic N) is 1. The predicted molar refractivity (Wildman–Crippen MR) is 89.3 cm³/mol. The molecule has 2 N–H and O–H groups in total. The summed E-state index contributed by atoms with van der Waals surface area (Å²) in [5.74, 6) is -1.22. The third-order valence-electron chi connectivity index (χ3n) is 3.79. The molecule has 1 atom stereocenters. The van der Waals surface area contributed by atoms with Crippen molar-refractivity contribution in [2.75, 3.05) is 19.7 Å². The van der Waals surface area contributed by atoms with Crippen molar-refractivity contribution in [2.45, 2.75) is 31.6 Å². The molecule has 1 aromatic carbocycles. The molecule has 0 radical (unpaired) electrons. The summed E-state index contributed by atoms with van der Waals surface area (Å²) in [4.78, 5) is 24.6. The van der Waals surface area contributed by atoms with E-state index in [1.54, 1.807) is 11.0 Å². The molecule has 0 unspecified atom stereocenters. The Hall–Kier alpha value is -2.00. The van der Waals surface area contributed by atoms with Crippen LogP contribution in [0.3, 0.4) is 0 Å². The first-order chi connectivity index (χ1) is 11.7. The molecular formula is C16H20ClF3N2O4. The normalized spacial score (nSPS) is 17.4. The van der Waals surface area contributed by atoms with Gasteiger partial charge >= 0.3 is 12.1 Å². The Labute approximate surface area is 154 Å². The van der Waals surface area contributed by atoms with Crippen molar-refractivity contribution in [3.05, 3.63) is 29.8 Å². The number of nitrogens with one attached hydrogen (secondary N) is 1. The number of halogens is 4. The molecule has 6 nitrogen and oxygen atoms in total. The zero-order chi connectivity index (χ0) is 18.4. The van der Waals surface area contributed by atoms with Crippen LogP contribution in [0.1, 0.15) is 18.4 Å². The van der Waals surface area contributed by atoms with Gasteiger partial charge in [0.25, 0.3) is 0 Å². The minimum Gasteiger partial charge on any atom is -0.484 e. The molecule has 0 spiro atoms. The molecule has 146 valence electrons. The molecular weight excluding hydrogens is 377 g/mol.